The summed E-state index contributed by atoms with van der Waals surface area (Å²) in [6.45, 7) is 9.28. The van der Waals surface area contributed by atoms with Gasteiger partial charge < -0.3 is 10.1 Å². The third-order valence-corrected chi connectivity index (χ3v) is 2.79. The van der Waals surface area contributed by atoms with E-state index in [0.717, 1.165) is 16.8 Å². The van der Waals surface area contributed by atoms with E-state index in [-0.39, 0.29) is 6.10 Å². The molecule has 0 aliphatic rings. The Morgan fingerprint density at radius 1 is 1.31 bits per heavy atom. The van der Waals surface area contributed by atoms with Gasteiger partial charge in [-0.15, -0.1) is 0 Å². The average Bonchev–Trinajstić information content (AvgIpc) is 2.20. The number of aryl methyl sites for hydroxylation is 1. The van der Waals surface area contributed by atoms with Crippen LogP contribution in [0, 0.1) is 6.92 Å². The highest BCUT2D eigenvalue weighted by Gasteiger charge is 2.07. The predicted molar refractivity (Wildman–Crippen MR) is 72.1 cm³/mol. The monoisotopic (exact) mass is 285 g/mol. The number of hydrogen-bond donors (Lipinski definition) is 1. The van der Waals surface area contributed by atoms with Gasteiger partial charge in [0.2, 0.25) is 0 Å². The summed E-state index contributed by atoms with van der Waals surface area (Å²) in [5.41, 5.74) is 1.17. The quantitative estimate of drug-likeness (QED) is 0.894. The Hall–Kier alpha value is -0.540. The Kier molecular flexibility index (Phi) is 5.29. The summed E-state index contributed by atoms with van der Waals surface area (Å²) in [5.74, 6) is 0.951. The topological polar surface area (TPSA) is 21.3 Å². The maximum atomic E-state index is 5.88. The van der Waals surface area contributed by atoms with Crippen molar-refractivity contribution in [1.82, 2.24) is 5.32 Å². The van der Waals surface area contributed by atoms with E-state index in [9.17, 15) is 0 Å². The number of hydrogen-bond acceptors (Lipinski definition) is 2. The molecule has 1 rings (SSSR count). The molecule has 1 aromatic rings. The Labute approximate surface area is 107 Å². The molecule has 90 valence electrons. The maximum absolute atomic E-state index is 5.88. The molecule has 0 heterocycles. The molecule has 0 bridgehead atoms. The second-order valence-corrected chi connectivity index (χ2v) is 5.32. The SMILES string of the molecule is Cc1ccc(Br)cc1OC(C)CNC(C)C. The molecule has 0 amide bonds. The Bertz CT molecular complexity index is 339. The van der Waals surface area contributed by atoms with Crippen molar-refractivity contribution in [2.24, 2.45) is 0 Å². The average molecular weight is 286 g/mol. The molecule has 0 aliphatic carbocycles. The highest BCUT2D eigenvalue weighted by atomic mass is 79.9. The summed E-state index contributed by atoms with van der Waals surface area (Å²) in [5, 5.41) is 3.36. The lowest BCUT2D eigenvalue weighted by atomic mass is 10.2. The first-order valence-electron chi connectivity index (χ1n) is 5.65. The minimum absolute atomic E-state index is 0.176. The highest BCUT2D eigenvalue weighted by Crippen LogP contribution is 2.23. The van der Waals surface area contributed by atoms with E-state index in [1.165, 1.54) is 5.56 Å². The second kappa shape index (κ2) is 6.26. The fourth-order valence-electron chi connectivity index (χ4n) is 1.36. The molecular formula is C13H20BrNO. The Morgan fingerprint density at radius 3 is 2.62 bits per heavy atom. The molecule has 1 N–H and O–H groups in total. The summed E-state index contributed by atoms with van der Waals surface area (Å²) in [6.07, 6.45) is 0.176. The van der Waals surface area contributed by atoms with Crippen LogP contribution in [0.4, 0.5) is 0 Å². The van der Waals surface area contributed by atoms with Crippen molar-refractivity contribution in [3.05, 3.63) is 28.2 Å². The molecular weight excluding hydrogens is 266 g/mol. The number of rotatable bonds is 5. The van der Waals surface area contributed by atoms with Gasteiger partial charge in [0.25, 0.3) is 0 Å². The zero-order valence-corrected chi connectivity index (χ0v) is 12.0. The maximum Gasteiger partial charge on any atom is 0.123 e. The van der Waals surface area contributed by atoms with Gasteiger partial charge in [-0.25, -0.2) is 0 Å². The number of ether oxygens (including phenoxy) is 1. The van der Waals surface area contributed by atoms with Gasteiger partial charge in [0.1, 0.15) is 11.9 Å². The fourth-order valence-corrected chi connectivity index (χ4v) is 1.70. The van der Waals surface area contributed by atoms with Crippen LogP contribution in [0.3, 0.4) is 0 Å². The van der Waals surface area contributed by atoms with Crippen LogP contribution in [0.5, 0.6) is 5.75 Å². The van der Waals surface area contributed by atoms with Crippen LogP contribution < -0.4 is 10.1 Å². The Balaban J connectivity index is 2.55. The Morgan fingerprint density at radius 2 is 2.00 bits per heavy atom. The van der Waals surface area contributed by atoms with Crippen molar-refractivity contribution < 1.29 is 4.74 Å². The molecule has 0 radical (unpaired) electrons. The summed E-state index contributed by atoms with van der Waals surface area (Å²) in [7, 11) is 0. The fraction of sp³-hybridized carbons (Fsp3) is 0.538. The van der Waals surface area contributed by atoms with Crippen LogP contribution >= 0.6 is 15.9 Å². The van der Waals surface area contributed by atoms with E-state index in [0.29, 0.717) is 6.04 Å². The van der Waals surface area contributed by atoms with E-state index in [2.05, 4.69) is 55.0 Å². The van der Waals surface area contributed by atoms with E-state index in [4.69, 9.17) is 4.74 Å². The smallest absolute Gasteiger partial charge is 0.123 e. The van der Waals surface area contributed by atoms with Crippen molar-refractivity contribution in [1.29, 1.82) is 0 Å². The van der Waals surface area contributed by atoms with Crippen molar-refractivity contribution in [3.63, 3.8) is 0 Å². The first-order chi connectivity index (χ1) is 7.49. The highest BCUT2D eigenvalue weighted by molar-refractivity contribution is 9.10. The van der Waals surface area contributed by atoms with Gasteiger partial charge in [0.05, 0.1) is 0 Å². The first-order valence-corrected chi connectivity index (χ1v) is 6.44. The van der Waals surface area contributed by atoms with E-state index in [1.54, 1.807) is 0 Å². The minimum Gasteiger partial charge on any atom is -0.489 e. The number of nitrogens with one attached hydrogen (secondary N) is 1. The van der Waals surface area contributed by atoms with Crippen LogP contribution in [0.1, 0.15) is 26.3 Å². The van der Waals surface area contributed by atoms with Gasteiger partial charge in [0, 0.05) is 17.1 Å². The standard InChI is InChI=1S/C13H20BrNO/c1-9(2)15-8-11(4)16-13-7-12(14)6-5-10(13)3/h5-7,9,11,15H,8H2,1-4H3. The predicted octanol–water partition coefficient (Wildman–Crippen LogP) is 3.52. The molecule has 1 atom stereocenters. The molecule has 0 aliphatic heterocycles. The second-order valence-electron chi connectivity index (χ2n) is 4.40. The summed E-state index contributed by atoms with van der Waals surface area (Å²) < 4.78 is 6.94. The zero-order valence-electron chi connectivity index (χ0n) is 10.4. The van der Waals surface area contributed by atoms with Crippen molar-refractivity contribution in [2.75, 3.05) is 6.54 Å². The van der Waals surface area contributed by atoms with E-state index < -0.39 is 0 Å². The molecule has 0 saturated carbocycles. The molecule has 0 fully saturated rings. The molecule has 1 aromatic carbocycles. The third-order valence-electron chi connectivity index (χ3n) is 2.29. The molecule has 0 aromatic heterocycles. The molecule has 1 unspecified atom stereocenters. The van der Waals surface area contributed by atoms with Gasteiger partial charge >= 0.3 is 0 Å². The normalized spacial score (nSPS) is 12.9. The van der Waals surface area contributed by atoms with Crippen LogP contribution in [-0.4, -0.2) is 18.7 Å². The molecule has 0 spiro atoms. The largest absolute Gasteiger partial charge is 0.489 e. The lowest BCUT2D eigenvalue weighted by Crippen LogP contribution is -2.33. The zero-order chi connectivity index (χ0) is 12.1. The summed E-state index contributed by atoms with van der Waals surface area (Å²) in [4.78, 5) is 0. The van der Waals surface area contributed by atoms with Crippen molar-refractivity contribution >= 4 is 15.9 Å². The summed E-state index contributed by atoms with van der Waals surface area (Å²) >= 11 is 3.45. The van der Waals surface area contributed by atoms with Gasteiger partial charge in [-0.05, 0) is 31.5 Å². The first kappa shape index (κ1) is 13.5. The third kappa shape index (κ3) is 4.54. The van der Waals surface area contributed by atoms with Crippen LogP contribution in [0.15, 0.2) is 22.7 Å². The lowest BCUT2D eigenvalue weighted by molar-refractivity contribution is 0.212. The van der Waals surface area contributed by atoms with Crippen LogP contribution in [0.25, 0.3) is 0 Å². The van der Waals surface area contributed by atoms with Crippen molar-refractivity contribution in [3.8, 4) is 5.75 Å². The summed E-state index contributed by atoms with van der Waals surface area (Å²) in [6, 6.07) is 6.59. The van der Waals surface area contributed by atoms with Gasteiger partial charge in [0.15, 0.2) is 0 Å². The molecule has 2 nitrogen and oxygen atoms in total. The lowest BCUT2D eigenvalue weighted by Gasteiger charge is -2.18. The van der Waals surface area contributed by atoms with Gasteiger partial charge in [-0.1, -0.05) is 35.8 Å². The number of benzene rings is 1. The van der Waals surface area contributed by atoms with Gasteiger partial charge in [-0.2, -0.15) is 0 Å². The molecule has 3 heteroatoms. The van der Waals surface area contributed by atoms with Crippen LogP contribution in [-0.2, 0) is 0 Å². The van der Waals surface area contributed by atoms with E-state index >= 15 is 0 Å². The van der Waals surface area contributed by atoms with E-state index in [1.807, 2.05) is 12.1 Å². The van der Waals surface area contributed by atoms with Crippen molar-refractivity contribution in [2.45, 2.75) is 39.8 Å². The molecule has 16 heavy (non-hydrogen) atoms. The minimum atomic E-state index is 0.176. The number of halogens is 1. The van der Waals surface area contributed by atoms with Crippen LogP contribution in [0.2, 0.25) is 0 Å². The van der Waals surface area contributed by atoms with Gasteiger partial charge in [-0.3, -0.25) is 0 Å². The molecule has 0 saturated heterocycles.